The van der Waals surface area contributed by atoms with Gasteiger partial charge in [0, 0.05) is 5.69 Å². The number of fused-ring (bicyclic) bond motifs is 1. The third kappa shape index (κ3) is 6.74. The number of esters is 2. The molecule has 3 aromatic rings. The number of carbonyl (C=O) groups excluding carboxylic acids is 3. The van der Waals surface area contributed by atoms with Crippen LogP contribution in [0.1, 0.15) is 23.7 Å². The zero-order chi connectivity index (χ0) is 25.4. The van der Waals surface area contributed by atoms with Crippen LogP contribution in [0.25, 0.3) is 11.0 Å². The summed E-state index contributed by atoms with van der Waals surface area (Å²) >= 11 is 0. The SMILES string of the molecule is C=COC(=O)CCOC(=O)c1cccc(N=NC(C(=O)Nc2ccc3[nH]c(=O)[nH]c3c2)=C(C)O)c1. The Kier molecular flexibility index (Phi) is 7.90. The van der Waals surface area contributed by atoms with Crippen LogP contribution in [0.2, 0.25) is 0 Å². The van der Waals surface area contributed by atoms with E-state index in [2.05, 4.69) is 36.8 Å². The molecule has 0 saturated carbocycles. The van der Waals surface area contributed by atoms with Crippen molar-refractivity contribution in [2.75, 3.05) is 11.9 Å². The molecule has 0 aliphatic rings. The molecule has 1 amide bonds. The highest BCUT2D eigenvalue weighted by atomic mass is 16.5. The molecular weight excluding hydrogens is 458 g/mol. The van der Waals surface area contributed by atoms with Crippen LogP contribution in [0.4, 0.5) is 11.4 Å². The van der Waals surface area contributed by atoms with Gasteiger partial charge in [-0.05, 0) is 43.3 Å². The summed E-state index contributed by atoms with van der Waals surface area (Å²) in [7, 11) is 0. The Bertz CT molecular complexity index is 1400. The third-order valence-corrected chi connectivity index (χ3v) is 4.43. The number of aromatic nitrogens is 2. The van der Waals surface area contributed by atoms with Gasteiger partial charge in [-0.1, -0.05) is 12.6 Å². The third-order valence-electron chi connectivity index (χ3n) is 4.43. The van der Waals surface area contributed by atoms with E-state index < -0.39 is 17.8 Å². The number of nitrogens with one attached hydrogen (secondary N) is 3. The molecule has 0 spiro atoms. The molecule has 0 bridgehead atoms. The summed E-state index contributed by atoms with van der Waals surface area (Å²) in [6.07, 6.45) is 0.849. The average Bonchev–Trinajstić information content (AvgIpc) is 3.18. The first kappa shape index (κ1) is 24.6. The maximum Gasteiger partial charge on any atom is 0.338 e. The fourth-order valence-corrected chi connectivity index (χ4v) is 2.85. The predicted octanol–water partition coefficient (Wildman–Crippen LogP) is 3.60. The number of benzene rings is 2. The number of carbonyl (C=O) groups is 3. The summed E-state index contributed by atoms with van der Waals surface area (Å²) in [5.41, 5.74) is 1.02. The highest BCUT2D eigenvalue weighted by molar-refractivity contribution is 6.04. The number of azo groups is 1. The number of aromatic amines is 2. The van der Waals surface area contributed by atoms with Crippen LogP contribution in [-0.2, 0) is 19.1 Å². The van der Waals surface area contributed by atoms with E-state index in [1.807, 2.05) is 0 Å². The maximum atomic E-state index is 12.6. The van der Waals surface area contributed by atoms with Crippen molar-refractivity contribution in [2.24, 2.45) is 10.2 Å². The smallest absolute Gasteiger partial charge is 0.338 e. The Hall–Kier alpha value is -5.00. The summed E-state index contributed by atoms with van der Waals surface area (Å²) in [5, 5.41) is 20.2. The molecular formula is C23H21N5O7. The molecule has 180 valence electrons. The lowest BCUT2D eigenvalue weighted by atomic mass is 10.2. The molecule has 35 heavy (non-hydrogen) atoms. The molecule has 12 heteroatoms. The van der Waals surface area contributed by atoms with Gasteiger partial charge in [0.2, 0.25) is 0 Å². The van der Waals surface area contributed by atoms with Crippen molar-refractivity contribution in [3.05, 3.63) is 82.8 Å². The highest BCUT2D eigenvalue weighted by Crippen LogP contribution is 2.20. The first-order valence-corrected chi connectivity index (χ1v) is 10.2. The minimum atomic E-state index is -0.743. The zero-order valence-corrected chi connectivity index (χ0v) is 18.5. The number of hydrogen-bond acceptors (Lipinski definition) is 9. The van der Waals surface area contributed by atoms with E-state index in [1.54, 1.807) is 18.2 Å². The Morgan fingerprint density at radius 2 is 1.91 bits per heavy atom. The van der Waals surface area contributed by atoms with Gasteiger partial charge in [-0.2, -0.15) is 5.11 Å². The molecule has 1 aromatic heterocycles. The minimum absolute atomic E-state index is 0.136. The fraction of sp³-hybridized carbons (Fsp3) is 0.130. The summed E-state index contributed by atoms with van der Waals surface area (Å²) in [6.45, 7) is 4.34. The first-order chi connectivity index (χ1) is 16.8. The van der Waals surface area contributed by atoms with Gasteiger partial charge in [-0.3, -0.25) is 9.59 Å². The summed E-state index contributed by atoms with van der Waals surface area (Å²) in [4.78, 5) is 52.6. The molecule has 0 radical (unpaired) electrons. The second kappa shape index (κ2) is 11.2. The van der Waals surface area contributed by atoms with Crippen LogP contribution in [-0.4, -0.2) is 39.5 Å². The lowest BCUT2D eigenvalue weighted by molar-refractivity contribution is -0.138. The molecule has 0 fully saturated rings. The molecule has 1 heterocycles. The second-order valence-corrected chi connectivity index (χ2v) is 7.02. The van der Waals surface area contributed by atoms with Crippen LogP contribution in [0.3, 0.4) is 0 Å². The molecule has 4 N–H and O–H groups in total. The van der Waals surface area contributed by atoms with Gasteiger partial charge >= 0.3 is 17.6 Å². The van der Waals surface area contributed by atoms with Crippen LogP contribution < -0.4 is 11.0 Å². The largest absolute Gasteiger partial charge is 0.510 e. The molecule has 12 nitrogen and oxygen atoms in total. The second-order valence-electron chi connectivity index (χ2n) is 7.02. The maximum absolute atomic E-state index is 12.6. The quantitative estimate of drug-likeness (QED) is 0.157. The van der Waals surface area contributed by atoms with E-state index in [4.69, 9.17) is 4.74 Å². The molecule has 0 aliphatic carbocycles. The normalized spacial score (nSPS) is 11.7. The van der Waals surface area contributed by atoms with E-state index in [9.17, 15) is 24.3 Å². The lowest BCUT2D eigenvalue weighted by Crippen LogP contribution is -2.14. The monoisotopic (exact) mass is 479 g/mol. The molecule has 0 atom stereocenters. The molecule has 0 saturated heterocycles. The van der Waals surface area contributed by atoms with Gasteiger partial charge in [0.1, 0.15) is 12.4 Å². The van der Waals surface area contributed by atoms with Crippen LogP contribution in [0.5, 0.6) is 0 Å². The molecule has 3 rings (SSSR count). The van der Waals surface area contributed by atoms with E-state index in [0.29, 0.717) is 16.7 Å². The highest BCUT2D eigenvalue weighted by Gasteiger charge is 2.15. The number of aliphatic hydroxyl groups excluding tert-OH is 1. The Balaban J connectivity index is 1.67. The number of H-pyrrole nitrogens is 2. The number of nitrogens with zero attached hydrogens (tertiary/aromatic N) is 2. The van der Waals surface area contributed by atoms with Crippen molar-refractivity contribution < 1.29 is 29.0 Å². The van der Waals surface area contributed by atoms with Crippen molar-refractivity contribution in [3.63, 3.8) is 0 Å². The molecule has 0 unspecified atom stereocenters. The summed E-state index contributed by atoms with van der Waals surface area (Å²) in [5.74, 6) is -2.41. The molecule has 0 aliphatic heterocycles. The van der Waals surface area contributed by atoms with Gasteiger partial charge in [0.25, 0.3) is 5.91 Å². The van der Waals surface area contributed by atoms with Gasteiger partial charge in [0.15, 0.2) is 5.70 Å². The van der Waals surface area contributed by atoms with E-state index >= 15 is 0 Å². The Morgan fingerprint density at radius 1 is 1.14 bits per heavy atom. The number of rotatable bonds is 9. The first-order valence-electron chi connectivity index (χ1n) is 10.2. The predicted molar refractivity (Wildman–Crippen MR) is 125 cm³/mol. The van der Waals surface area contributed by atoms with E-state index in [1.165, 1.54) is 31.2 Å². The van der Waals surface area contributed by atoms with Gasteiger partial charge in [-0.15, -0.1) is 5.11 Å². The number of aliphatic hydroxyl groups is 1. The summed E-state index contributed by atoms with van der Waals surface area (Å²) in [6, 6.07) is 10.6. The number of amides is 1. The Labute approximate surface area is 198 Å². The van der Waals surface area contributed by atoms with Crippen LogP contribution in [0.15, 0.2) is 81.8 Å². The van der Waals surface area contributed by atoms with Gasteiger partial charge in [-0.25, -0.2) is 9.59 Å². The van der Waals surface area contributed by atoms with Crippen LogP contribution >= 0.6 is 0 Å². The molecule has 2 aromatic carbocycles. The van der Waals surface area contributed by atoms with E-state index in [-0.39, 0.29) is 41.4 Å². The van der Waals surface area contributed by atoms with E-state index in [0.717, 1.165) is 6.26 Å². The summed E-state index contributed by atoms with van der Waals surface area (Å²) < 4.78 is 9.55. The van der Waals surface area contributed by atoms with Crippen molar-refractivity contribution in [1.29, 1.82) is 0 Å². The van der Waals surface area contributed by atoms with Crippen LogP contribution in [0, 0.1) is 0 Å². The average molecular weight is 479 g/mol. The number of anilines is 1. The van der Waals surface area contributed by atoms with Crippen molar-refractivity contribution in [3.8, 4) is 0 Å². The topological polar surface area (TPSA) is 175 Å². The van der Waals surface area contributed by atoms with Crippen molar-refractivity contribution >= 4 is 40.3 Å². The Morgan fingerprint density at radius 3 is 2.66 bits per heavy atom. The minimum Gasteiger partial charge on any atom is -0.510 e. The number of allylic oxidation sites excluding steroid dienone is 1. The standard InChI is InChI=1S/C23H21N5O7/c1-3-34-19(30)9-10-35-22(32)14-5-4-6-16(11-14)27-28-20(13(2)29)21(31)24-15-7-8-17-18(12-15)26-23(33)25-17/h3-8,11-12,29H,1,9-10H2,2H3,(H,24,31)(H2,25,26,33). The zero-order valence-electron chi connectivity index (χ0n) is 18.5. The van der Waals surface area contributed by atoms with Gasteiger partial charge in [0.05, 0.1) is 35.0 Å². The van der Waals surface area contributed by atoms with Gasteiger partial charge < -0.3 is 29.9 Å². The lowest BCUT2D eigenvalue weighted by Gasteiger charge is -2.06. The number of ether oxygens (including phenoxy) is 2. The number of imidazole rings is 1. The number of hydrogen-bond donors (Lipinski definition) is 4. The van der Waals surface area contributed by atoms with Crippen molar-refractivity contribution in [1.82, 2.24) is 9.97 Å². The fourth-order valence-electron chi connectivity index (χ4n) is 2.85. The van der Waals surface area contributed by atoms with Crippen molar-refractivity contribution in [2.45, 2.75) is 13.3 Å².